The van der Waals surface area contributed by atoms with Gasteiger partial charge in [0.05, 0.1) is 5.54 Å². The first-order valence-electron chi connectivity index (χ1n) is 8.63. The summed E-state index contributed by atoms with van der Waals surface area (Å²) in [6, 6.07) is 7.70. The second-order valence-corrected chi connectivity index (χ2v) is 7.72. The number of thioether (sulfide) groups is 1. The van der Waals surface area contributed by atoms with Crippen molar-refractivity contribution in [1.82, 2.24) is 10.3 Å². The third kappa shape index (κ3) is 3.18. The Kier molecular flexibility index (Phi) is 4.59. The van der Waals surface area contributed by atoms with E-state index in [1.54, 1.807) is 18.2 Å². The molecule has 1 fully saturated rings. The number of pyridine rings is 1. The van der Waals surface area contributed by atoms with E-state index in [0.29, 0.717) is 28.9 Å². The monoisotopic (exact) mass is 389 g/mol. The summed E-state index contributed by atoms with van der Waals surface area (Å²) in [7, 11) is 0. The Morgan fingerprint density at radius 2 is 2.19 bits per heavy atom. The summed E-state index contributed by atoms with van der Waals surface area (Å²) in [4.78, 5) is 19.3. The van der Waals surface area contributed by atoms with Crippen LogP contribution < -0.4 is 5.32 Å². The van der Waals surface area contributed by atoms with Gasteiger partial charge in [-0.15, -0.1) is 0 Å². The lowest BCUT2D eigenvalue weighted by molar-refractivity contribution is 0.200. The number of nitrogens with zero attached hydrogens (tertiary/aromatic N) is 2. The molecule has 0 spiro atoms. The number of aliphatic imine (C=N–C) groups is 1. The average Bonchev–Trinajstić information content (AvgIpc) is 3.06. The number of amides is 1. The fourth-order valence-corrected chi connectivity index (χ4v) is 5.21. The van der Waals surface area contributed by atoms with Gasteiger partial charge < -0.3 is 5.11 Å². The van der Waals surface area contributed by atoms with Gasteiger partial charge in [0.25, 0.3) is 0 Å². The van der Waals surface area contributed by atoms with Crippen LogP contribution in [0.4, 0.5) is 13.6 Å². The van der Waals surface area contributed by atoms with Gasteiger partial charge in [-0.05, 0) is 48.6 Å². The molecule has 1 aromatic heterocycles. The zero-order valence-electron chi connectivity index (χ0n) is 14.3. The van der Waals surface area contributed by atoms with Gasteiger partial charge in [-0.25, -0.2) is 14.2 Å². The fraction of sp³-hybridized carbons (Fsp3) is 0.316. The molecular formula is C19H17F2N3O2S. The molecule has 2 heterocycles. The average molecular weight is 389 g/mol. The van der Waals surface area contributed by atoms with E-state index in [4.69, 9.17) is 5.11 Å². The minimum Gasteiger partial charge on any atom is -0.465 e. The lowest BCUT2D eigenvalue weighted by atomic mass is 9.80. The van der Waals surface area contributed by atoms with Crippen LogP contribution in [0.2, 0.25) is 0 Å². The van der Waals surface area contributed by atoms with Crippen LogP contribution in [0, 0.1) is 17.7 Å². The Bertz CT molecular complexity index is 937. The molecule has 140 valence electrons. The van der Waals surface area contributed by atoms with Crippen LogP contribution >= 0.6 is 11.8 Å². The molecule has 0 saturated heterocycles. The molecule has 2 atom stereocenters. The second-order valence-electron chi connectivity index (χ2n) is 6.71. The normalized spacial score (nSPS) is 24.2. The molecule has 8 heteroatoms. The van der Waals surface area contributed by atoms with Crippen molar-refractivity contribution in [2.75, 3.05) is 5.75 Å². The zero-order chi connectivity index (χ0) is 19.0. The van der Waals surface area contributed by atoms with E-state index in [9.17, 15) is 13.6 Å². The maximum atomic E-state index is 14.9. The van der Waals surface area contributed by atoms with Crippen molar-refractivity contribution in [1.29, 1.82) is 0 Å². The number of aromatic nitrogens is 1. The summed E-state index contributed by atoms with van der Waals surface area (Å²) in [6.45, 7) is 0. The SMILES string of the molecule is O=C(O)NC1=N[C@@]2(c3cc(-c4cccnc4F)ccc3F)CCC[C@H]2CS1. The topological polar surface area (TPSA) is 74.6 Å². The highest BCUT2D eigenvalue weighted by atomic mass is 32.2. The number of amidine groups is 1. The molecule has 0 bridgehead atoms. The van der Waals surface area contributed by atoms with Crippen molar-refractivity contribution in [2.24, 2.45) is 10.9 Å². The van der Waals surface area contributed by atoms with E-state index in [1.807, 2.05) is 0 Å². The van der Waals surface area contributed by atoms with E-state index in [2.05, 4.69) is 15.3 Å². The van der Waals surface area contributed by atoms with Crippen molar-refractivity contribution >= 4 is 23.0 Å². The van der Waals surface area contributed by atoms with E-state index in [0.717, 1.165) is 12.8 Å². The highest BCUT2D eigenvalue weighted by molar-refractivity contribution is 8.13. The van der Waals surface area contributed by atoms with Gasteiger partial charge in [0.15, 0.2) is 5.17 Å². The van der Waals surface area contributed by atoms with Crippen LogP contribution in [0.3, 0.4) is 0 Å². The molecule has 0 unspecified atom stereocenters. The van der Waals surface area contributed by atoms with E-state index in [1.165, 1.54) is 30.1 Å². The molecule has 1 aromatic carbocycles. The van der Waals surface area contributed by atoms with Crippen molar-refractivity contribution in [3.63, 3.8) is 0 Å². The number of carboxylic acid groups (broad SMARTS) is 1. The van der Waals surface area contributed by atoms with E-state index in [-0.39, 0.29) is 11.1 Å². The largest absolute Gasteiger partial charge is 0.465 e. The van der Waals surface area contributed by atoms with Gasteiger partial charge in [-0.2, -0.15) is 4.39 Å². The fourth-order valence-electron chi connectivity index (χ4n) is 4.02. The second kappa shape index (κ2) is 6.92. The molecule has 1 aliphatic heterocycles. The van der Waals surface area contributed by atoms with E-state index >= 15 is 0 Å². The summed E-state index contributed by atoms with van der Waals surface area (Å²) in [5, 5.41) is 11.6. The third-order valence-corrected chi connectivity index (χ3v) is 6.26. The van der Waals surface area contributed by atoms with Crippen LogP contribution in [0.25, 0.3) is 11.1 Å². The highest BCUT2D eigenvalue weighted by Gasteiger charge is 2.48. The number of fused-ring (bicyclic) bond motifs is 1. The molecule has 2 aliphatic rings. The molecule has 2 N–H and O–H groups in total. The Balaban J connectivity index is 1.84. The molecular weight excluding hydrogens is 372 g/mol. The number of nitrogens with one attached hydrogen (secondary N) is 1. The van der Waals surface area contributed by atoms with Crippen LogP contribution in [0.5, 0.6) is 0 Å². The number of benzene rings is 1. The van der Waals surface area contributed by atoms with Crippen molar-refractivity contribution < 1.29 is 18.7 Å². The quantitative estimate of drug-likeness (QED) is 0.747. The van der Waals surface area contributed by atoms with Crippen LogP contribution in [0.1, 0.15) is 24.8 Å². The van der Waals surface area contributed by atoms with Gasteiger partial charge >= 0.3 is 6.09 Å². The first-order chi connectivity index (χ1) is 13.0. The summed E-state index contributed by atoms with van der Waals surface area (Å²) in [5.74, 6) is -0.276. The number of hydrogen-bond acceptors (Lipinski definition) is 4. The molecule has 2 aromatic rings. The maximum absolute atomic E-state index is 14.9. The smallest absolute Gasteiger partial charge is 0.410 e. The molecule has 0 radical (unpaired) electrons. The lowest BCUT2D eigenvalue weighted by Gasteiger charge is -2.36. The summed E-state index contributed by atoms with van der Waals surface area (Å²) < 4.78 is 29.0. The summed E-state index contributed by atoms with van der Waals surface area (Å²) in [5.41, 5.74) is 0.374. The van der Waals surface area contributed by atoms with Crippen LogP contribution in [-0.2, 0) is 5.54 Å². The van der Waals surface area contributed by atoms with Gasteiger partial charge in [-0.3, -0.25) is 10.3 Å². The molecule has 4 rings (SSSR count). The molecule has 1 aliphatic carbocycles. The molecule has 1 amide bonds. The van der Waals surface area contributed by atoms with Gasteiger partial charge in [0.2, 0.25) is 5.95 Å². The number of halogens is 2. The van der Waals surface area contributed by atoms with Crippen molar-refractivity contribution in [3.05, 3.63) is 53.9 Å². The third-order valence-electron chi connectivity index (χ3n) is 5.22. The number of hydrogen-bond donors (Lipinski definition) is 2. The maximum Gasteiger partial charge on any atom is 0.410 e. The Morgan fingerprint density at radius 3 is 2.96 bits per heavy atom. The van der Waals surface area contributed by atoms with Gasteiger partial charge in [-0.1, -0.05) is 24.2 Å². The highest BCUT2D eigenvalue weighted by Crippen LogP contribution is 2.52. The van der Waals surface area contributed by atoms with Crippen LogP contribution in [-0.4, -0.2) is 27.1 Å². The summed E-state index contributed by atoms with van der Waals surface area (Å²) >= 11 is 1.34. The lowest BCUT2D eigenvalue weighted by Crippen LogP contribution is -2.40. The first-order valence-corrected chi connectivity index (χ1v) is 9.62. The Labute approximate surface area is 158 Å². The first kappa shape index (κ1) is 17.9. The Hall–Kier alpha value is -2.48. The predicted octanol–water partition coefficient (Wildman–Crippen LogP) is 4.39. The number of carbonyl (C=O) groups is 1. The van der Waals surface area contributed by atoms with Gasteiger partial charge in [0.1, 0.15) is 5.82 Å². The minimum absolute atomic E-state index is 0.102. The zero-order valence-corrected chi connectivity index (χ0v) is 15.1. The van der Waals surface area contributed by atoms with Crippen LogP contribution in [0.15, 0.2) is 41.5 Å². The van der Waals surface area contributed by atoms with Crippen molar-refractivity contribution in [3.8, 4) is 11.1 Å². The summed E-state index contributed by atoms with van der Waals surface area (Å²) in [6.07, 6.45) is 2.56. The van der Waals surface area contributed by atoms with Gasteiger partial charge in [0, 0.05) is 23.1 Å². The molecule has 1 saturated carbocycles. The number of rotatable bonds is 2. The predicted molar refractivity (Wildman–Crippen MR) is 99.7 cm³/mol. The van der Waals surface area contributed by atoms with E-state index < -0.39 is 23.4 Å². The minimum atomic E-state index is -1.19. The standard InChI is InChI=1S/C19H17F2N3O2S/c20-15-6-5-11(13-4-2-8-22-16(13)21)9-14(15)19-7-1-3-12(19)10-27-17(24-19)23-18(25)26/h2,4-6,8-9,12H,1,3,7,10H2,(H,23,24)(H,25,26)/t12-,19-/m0/s1. The molecule has 27 heavy (non-hydrogen) atoms. The molecule has 5 nitrogen and oxygen atoms in total. The van der Waals surface area contributed by atoms with Crippen molar-refractivity contribution in [2.45, 2.75) is 24.8 Å². The Morgan fingerprint density at radius 1 is 1.33 bits per heavy atom.